The Hall–Kier alpha value is -3.07. The fraction of sp³-hybridized carbons (Fsp3) is 0.710. The Morgan fingerprint density at radius 2 is 0.903 bits per heavy atom. The molecule has 0 heterocycles. The van der Waals surface area contributed by atoms with Crippen molar-refractivity contribution in [2.24, 2.45) is 0 Å². The van der Waals surface area contributed by atoms with E-state index in [0.717, 1.165) is 77.0 Å². The number of hydrogen-bond donors (Lipinski definition) is 2. The van der Waals surface area contributed by atoms with Gasteiger partial charge in [0, 0.05) is 12.8 Å². The van der Waals surface area contributed by atoms with Crippen molar-refractivity contribution in [3.63, 3.8) is 0 Å². The fourth-order valence-corrected chi connectivity index (χ4v) is 8.64. The molecule has 3 unspecified atom stereocenters. The summed E-state index contributed by atoms with van der Waals surface area (Å²) in [6.45, 7) is 6.81. The van der Waals surface area contributed by atoms with Gasteiger partial charge in [0.15, 0.2) is 0 Å². The zero-order valence-corrected chi connectivity index (χ0v) is 48.0. The number of phosphoric ester groups is 1. The molecular weight excluding hydrogens is 916 g/mol. The van der Waals surface area contributed by atoms with Crippen molar-refractivity contribution in [2.45, 2.75) is 245 Å². The Morgan fingerprint density at radius 1 is 0.500 bits per heavy atom. The van der Waals surface area contributed by atoms with Gasteiger partial charge >= 0.3 is 13.8 Å². The van der Waals surface area contributed by atoms with E-state index in [9.17, 15) is 19.0 Å². The van der Waals surface area contributed by atoms with Crippen LogP contribution >= 0.6 is 7.82 Å². The van der Waals surface area contributed by atoms with Gasteiger partial charge in [0.25, 0.3) is 0 Å². The number of phosphoric acid groups is 1. The highest BCUT2D eigenvalue weighted by Gasteiger charge is 2.30. The van der Waals surface area contributed by atoms with E-state index in [1.165, 1.54) is 116 Å². The Labute approximate surface area is 443 Å². The first-order valence-corrected chi connectivity index (χ1v) is 30.6. The first kappa shape index (κ1) is 68.9. The minimum absolute atomic E-state index is 0.0257. The topological polar surface area (TPSA) is 111 Å². The summed E-state index contributed by atoms with van der Waals surface area (Å²) in [4.78, 5) is 37.6. The maximum Gasteiger partial charge on any atom is 0.472 e. The quantitative estimate of drug-likeness (QED) is 0.0156. The van der Waals surface area contributed by atoms with Gasteiger partial charge in [0.2, 0.25) is 5.91 Å². The van der Waals surface area contributed by atoms with Crippen LogP contribution in [0.1, 0.15) is 233 Å². The van der Waals surface area contributed by atoms with Crippen molar-refractivity contribution in [3.8, 4) is 0 Å². The number of ether oxygens (including phenoxy) is 1. The van der Waals surface area contributed by atoms with Gasteiger partial charge in [-0.15, -0.1) is 0 Å². The monoisotopic (exact) mass is 1030 g/mol. The van der Waals surface area contributed by atoms with Crippen LogP contribution in [0.2, 0.25) is 0 Å². The van der Waals surface area contributed by atoms with E-state index in [1.807, 2.05) is 94.1 Å². The van der Waals surface area contributed by atoms with Gasteiger partial charge in [-0.1, -0.05) is 240 Å². The molecule has 0 bridgehead atoms. The van der Waals surface area contributed by atoms with Gasteiger partial charge in [-0.25, -0.2) is 4.57 Å². The van der Waals surface area contributed by atoms with Crippen LogP contribution < -0.4 is 5.32 Å². The second-order valence-corrected chi connectivity index (χ2v) is 22.0. The number of quaternary nitrogens is 1. The third-order valence-corrected chi connectivity index (χ3v) is 13.4. The van der Waals surface area contributed by atoms with Gasteiger partial charge in [-0.05, 0) is 76.7 Å². The van der Waals surface area contributed by atoms with Crippen LogP contribution in [0.5, 0.6) is 0 Å². The van der Waals surface area contributed by atoms with E-state index in [4.69, 9.17) is 13.8 Å². The summed E-state index contributed by atoms with van der Waals surface area (Å²) in [7, 11) is 1.45. The van der Waals surface area contributed by atoms with Crippen molar-refractivity contribution < 1.29 is 37.3 Å². The summed E-state index contributed by atoms with van der Waals surface area (Å²) >= 11 is 0. The van der Waals surface area contributed by atoms with Crippen molar-refractivity contribution in [3.05, 3.63) is 97.2 Å². The van der Waals surface area contributed by atoms with Gasteiger partial charge in [-0.2, -0.15) is 0 Å². The molecule has 0 aromatic heterocycles. The normalized spacial score (nSPS) is 14.5. The molecular formula is C62H110N2O7P+. The predicted molar refractivity (Wildman–Crippen MR) is 309 cm³/mol. The number of nitrogens with zero attached hydrogens (tertiary/aromatic N) is 1. The molecule has 0 aliphatic heterocycles. The number of esters is 1. The zero-order valence-electron chi connectivity index (χ0n) is 47.1. The predicted octanol–water partition coefficient (Wildman–Crippen LogP) is 17.6. The average molecular weight is 1030 g/mol. The van der Waals surface area contributed by atoms with Crippen LogP contribution in [0.3, 0.4) is 0 Å². The summed E-state index contributed by atoms with van der Waals surface area (Å²) < 4.78 is 30.6. The average Bonchev–Trinajstić information content (AvgIpc) is 3.34. The van der Waals surface area contributed by atoms with Crippen LogP contribution in [0.25, 0.3) is 0 Å². The molecule has 2 N–H and O–H groups in total. The number of rotatable bonds is 51. The number of likely N-dealkylation sites (N-methyl/N-ethyl adjacent to an activating group) is 1. The SMILES string of the molecule is CC\C=C/C=C/C=C/C=C\C=C\C=C\CCCCCC(=O)NC(COP(=O)(O)OCC[N+](C)(C)C)C(/C=C/CCCCCCCCCCCC)OC(=O)CCCCCCCCC/C=C/CCCCCCCC. The van der Waals surface area contributed by atoms with E-state index in [-0.39, 0.29) is 37.9 Å². The molecule has 0 saturated heterocycles. The minimum atomic E-state index is -4.46. The lowest BCUT2D eigenvalue weighted by molar-refractivity contribution is -0.870. The Bertz CT molecular complexity index is 1560. The Morgan fingerprint density at radius 3 is 1.39 bits per heavy atom. The van der Waals surface area contributed by atoms with Crippen LogP contribution in [-0.4, -0.2) is 74.3 Å². The highest BCUT2D eigenvalue weighted by atomic mass is 31.2. The van der Waals surface area contributed by atoms with E-state index >= 15 is 0 Å². The van der Waals surface area contributed by atoms with Crippen LogP contribution in [0, 0.1) is 0 Å². The number of amides is 1. The standard InChI is InChI=1S/C62H109N2O7P/c1-7-10-13-16-19-22-25-28-30-32-34-36-39-42-45-48-51-54-61(65)63-59(58-70-72(67,68)69-57-56-64(4,5)6)60(53-50-47-44-41-38-27-24-21-18-15-12-9-3)71-62(66)55-52-49-46-43-40-37-35-33-31-29-26-23-20-17-14-11-8-2/h10,13,16,19,22,25,28-32,34,36,39,50,53,59-60H,7-9,11-12,14-15,17-18,20-21,23-24,26-27,33,35,37-38,40-49,51-52,54-58H2,1-6H3,(H-,63,65,67,68)/p+1/b13-10-,19-16+,25-22+,30-28-,31-29+,34-32+,39-36+,53-50+. The van der Waals surface area contributed by atoms with E-state index in [2.05, 4.69) is 50.4 Å². The minimum Gasteiger partial charge on any atom is -0.456 e. The lowest BCUT2D eigenvalue weighted by Gasteiger charge is -2.27. The Balaban J connectivity index is 5.43. The smallest absolute Gasteiger partial charge is 0.456 e. The molecule has 0 fully saturated rings. The molecule has 0 aliphatic rings. The first-order valence-electron chi connectivity index (χ1n) is 29.1. The summed E-state index contributed by atoms with van der Waals surface area (Å²) in [5.41, 5.74) is 0. The molecule has 72 heavy (non-hydrogen) atoms. The first-order chi connectivity index (χ1) is 34.9. The Kier molecular flexibility index (Phi) is 49.2. The molecule has 0 aromatic rings. The second-order valence-electron chi connectivity index (χ2n) is 20.6. The molecule has 9 nitrogen and oxygen atoms in total. The molecule has 0 aromatic carbocycles. The van der Waals surface area contributed by atoms with Crippen molar-refractivity contribution in [1.82, 2.24) is 5.32 Å². The molecule has 0 saturated carbocycles. The van der Waals surface area contributed by atoms with Gasteiger partial charge in [0.05, 0.1) is 33.8 Å². The second kappa shape index (κ2) is 51.4. The molecule has 0 rings (SSSR count). The molecule has 10 heteroatoms. The molecule has 3 atom stereocenters. The molecule has 1 amide bonds. The fourth-order valence-electron chi connectivity index (χ4n) is 7.91. The largest absolute Gasteiger partial charge is 0.472 e. The third-order valence-electron chi connectivity index (χ3n) is 12.4. The van der Waals surface area contributed by atoms with Crippen molar-refractivity contribution in [1.29, 1.82) is 0 Å². The van der Waals surface area contributed by atoms with Crippen molar-refractivity contribution in [2.75, 3.05) is 40.9 Å². The van der Waals surface area contributed by atoms with Crippen LogP contribution in [0.15, 0.2) is 97.2 Å². The number of nitrogens with one attached hydrogen (secondary N) is 1. The molecule has 0 spiro atoms. The number of hydrogen-bond acceptors (Lipinski definition) is 6. The highest BCUT2D eigenvalue weighted by molar-refractivity contribution is 7.47. The third kappa shape index (κ3) is 51.8. The van der Waals surface area contributed by atoms with Gasteiger partial charge in [-0.3, -0.25) is 18.6 Å². The van der Waals surface area contributed by atoms with E-state index in [0.29, 0.717) is 17.4 Å². The maximum atomic E-state index is 13.5. The lowest BCUT2D eigenvalue weighted by atomic mass is 10.0. The maximum absolute atomic E-state index is 13.5. The lowest BCUT2D eigenvalue weighted by Crippen LogP contribution is -2.47. The number of allylic oxidation sites excluding steroid dienone is 15. The summed E-state index contributed by atoms with van der Waals surface area (Å²) in [5, 5.41) is 3.02. The molecule has 0 aliphatic carbocycles. The number of carbonyl (C=O) groups excluding carboxylic acids is 2. The van der Waals surface area contributed by atoms with Crippen molar-refractivity contribution >= 4 is 19.7 Å². The number of carbonyl (C=O) groups is 2. The zero-order chi connectivity index (χ0) is 52.9. The molecule has 0 radical (unpaired) electrons. The van der Waals surface area contributed by atoms with Gasteiger partial charge < -0.3 is 19.4 Å². The summed E-state index contributed by atoms with van der Waals surface area (Å²) in [6.07, 6.45) is 68.3. The summed E-state index contributed by atoms with van der Waals surface area (Å²) in [6, 6.07) is -0.878. The van der Waals surface area contributed by atoms with Gasteiger partial charge in [0.1, 0.15) is 19.3 Å². The van der Waals surface area contributed by atoms with Crippen LogP contribution in [-0.2, 0) is 27.9 Å². The summed E-state index contributed by atoms with van der Waals surface area (Å²) in [5.74, 6) is -0.566. The van der Waals surface area contributed by atoms with E-state index < -0.39 is 20.0 Å². The van der Waals surface area contributed by atoms with E-state index in [1.54, 1.807) is 0 Å². The molecule has 414 valence electrons. The highest BCUT2D eigenvalue weighted by Crippen LogP contribution is 2.43. The van der Waals surface area contributed by atoms with Crippen LogP contribution in [0.4, 0.5) is 0 Å². The number of unbranched alkanes of at least 4 members (excludes halogenated alkanes) is 26.